The average Bonchev–Trinajstić information content (AvgIpc) is 2.19. The predicted molar refractivity (Wildman–Crippen MR) is 66.2 cm³/mol. The minimum Gasteiger partial charge on any atom is -0.391 e. The number of hydrogen-bond donors (Lipinski definition) is 2. The predicted octanol–water partition coefficient (Wildman–Crippen LogP) is 2.57. The van der Waals surface area contributed by atoms with E-state index in [1.54, 1.807) is 12.1 Å². The van der Waals surface area contributed by atoms with Gasteiger partial charge < -0.3 is 10.8 Å². The Labute approximate surface area is 102 Å². The summed E-state index contributed by atoms with van der Waals surface area (Å²) in [6.07, 6.45) is -0.721. The highest BCUT2D eigenvalue weighted by Gasteiger charge is 2.22. The van der Waals surface area contributed by atoms with E-state index in [9.17, 15) is 9.50 Å². The molecule has 1 aromatic rings. The minimum absolute atomic E-state index is 0. The summed E-state index contributed by atoms with van der Waals surface area (Å²) >= 11 is 0. The third-order valence-corrected chi connectivity index (χ3v) is 2.56. The fraction of sp³-hybridized carbons (Fsp3) is 0.500. The fourth-order valence-electron chi connectivity index (χ4n) is 1.52. The number of benzene rings is 1. The van der Waals surface area contributed by atoms with E-state index in [4.69, 9.17) is 5.73 Å². The Kier molecular flexibility index (Phi) is 5.94. The van der Waals surface area contributed by atoms with Gasteiger partial charge in [0, 0.05) is 5.56 Å². The van der Waals surface area contributed by atoms with Crippen LogP contribution in [0, 0.1) is 18.7 Å². The molecule has 0 aliphatic carbocycles. The zero-order valence-corrected chi connectivity index (χ0v) is 10.6. The molecule has 0 spiro atoms. The first kappa shape index (κ1) is 15.4. The van der Waals surface area contributed by atoms with Gasteiger partial charge in [-0.15, -0.1) is 12.4 Å². The number of hydrogen-bond acceptors (Lipinski definition) is 2. The molecule has 0 saturated carbocycles. The summed E-state index contributed by atoms with van der Waals surface area (Å²) < 4.78 is 13.5. The van der Waals surface area contributed by atoms with Crippen molar-refractivity contribution in [2.24, 2.45) is 11.7 Å². The van der Waals surface area contributed by atoms with Gasteiger partial charge in [0.05, 0.1) is 12.1 Å². The molecule has 16 heavy (non-hydrogen) atoms. The topological polar surface area (TPSA) is 46.2 Å². The number of aliphatic hydroxyl groups is 1. The average molecular weight is 248 g/mol. The highest BCUT2D eigenvalue weighted by Crippen LogP contribution is 2.22. The van der Waals surface area contributed by atoms with Crippen molar-refractivity contribution in [3.63, 3.8) is 0 Å². The van der Waals surface area contributed by atoms with E-state index < -0.39 is 12.1 Å². The second-order valence-corrected chi connectivity index (χ2v) is 4.29. The molecule has 0 aliphatic heterocycles. The summed E-state index contributed by atoms with van der Waals surface area (Å²) in [6.45, 7) is 5.59. The van der Waals surface area contributed by atoms with Crippen LogP contribution in [0.2, 0.25) is 0 Å². The molecule has 0 saturated heterocycles. The lowest BCUT2D eigenvalue weighted by Crippen LogP contribution is -2.31. The number of halogens is 2. The molecule has 1 aromatic carbocycles. The lowest BCUT2D eigenvalue weighted by atomic mass is 9.93. The van der Waals surface area contributed by atoms with Crippen LogP contribution in [0.4, 0.5) is 4.39 Å². The van der Waals surface area contributed by atoms with Crippen LogP contribution in [0.1, 0.15) is 31.0 Å². The summed E-state index contributed by atoms with van der Waals surface area (Å²) in [5.41, 5.74) is 7.15. The van der Waals surface area contributed by atoms with Gasteiger partial charge in [0.2, 0.25) is 0 Å². The standard InChI is InChI=1S/C12H18FNO.ClH/c1-7(2)12(15)11(14)9-6-8(3)4-5-10(9)13;/h4-7,11-12,15H,14H2,1-3H3;1H/t11-,12+;/m0./s1. The molecule has 0 radical (unpaired) electrons. The van der Waals surface area contributed by atoms with Gasteiger partial charge in [-0.2, -0.15) is 0 Å². The van der Waals surface area contributed by atoms with Gasteiger partial charge in [0.25, 0.3) is 0 Å². The molecular weight excluding hydrogens is 229 g/mol. The maximum absolute atomic E-state index is 13.5. The normalized spacial score (nSPS) is 14.4. The molecule has 0 heterocycles. The zero-order chi connectivity index (χ0) is 11.6. The van der Waals surface area contributed by atoms with Crippen molar-refractivity contribution >= 4 is 12.4 Å². The van der Waals surface area contributed by atoms with E-state index in [1.165, 1.54) is 6.07 Å². The van der Waals surface area contributed by atoms with Crippen LogP contribution < -0.4 is 5.73 Å². The van der Waals surface area contributed by atoms with E-state index in [1.807, 2.05) is 20.8 Å². The maximum atomic E-state index is 13.5. The van der Waals surface area contributed by atoms with E-state index >= 15 is 0 Å². The summed E-state index contributed by atoms with van der Waals surface area (Å²) in [4.78, 5) is 0. The number of aliphatic hydroxyl groups excluding tert-OH is 1. The van der Waals surface area contributed by atoms with Crippen molar-refractivity contribution < 1.29 is 9.50 Å². The molecule has 0 unspecified atom stereocenters. The van der Waals surface area contributed by atoms with Gasteiger partial charge in [-0.05, 0) is 18.9 Å². The second-order valence-electron chi connectivity index (χ2n) is 4.29. The number of rotatable bonds is 3. The molecule has 2 nitrogen and oxygen atoms in total. The van der Waals surface area contributed by atoms with E-state index in [-0.39, 0.29) is 24.1 Å². The summed E-state index contributed by atoms with van der Waals surface area (Å²) in [7, 11) is 0. The summed E-state index contributed by atoms with van der Waals surface area (Å²) in [5.74, 6) is -0.340. The van der Waals surface area contributed by atoms with Crippen LogP contribution in [-0.4, -0.2) is 11.2 Å². The van der Waals surface area contributed by atoms with Crippen molar-refractivity contribution in [1.29, 1.82) is 0 Å². The number of nitrogens with two attached hydrogens (primary N) is 1. The minimum atomic E-state index is -0.721. The van der Waals surface area contributed by atoms with Crippen LogP contribution in [0.15, 0.2) is 18.2 Å². The Morgan fingerprint density at radius 3 is 2.38 bits per heavy atom. The third-order valence-electron chi connectivity index (χ3n) is 2.56. The Morgan fingerprint density at radius 1 is 1.31 bits per heavy atom. The molecule has 0 fully saturated rings. The maximum Gasteiger partial charge on any atom is 0.128 e. The van der Waals surface area contributed by atoms with E-state index in [0.717, 1.165) is 5.56 Å². The van der Waals surface area contributed by atoms with Crippen LogP contribution in [0.25, 0.3) is 0 Å². The Hall–Kier alpha value is -0.640. The lowest BCUT2D eigenvalue weighted by molar-refractivity contribution is 0.0966. The second kappa shape index (κ2) is 6.18. The fourth-order valence-corrected chi connectivity index (χ4v) is 1.52. The van der Waals surface area contributed by atoms with Crippen molar-refractivity contribution in [2.75, 3.05) is 0 Å². The first-order valence-corrected chi connectivity index (χ1v) is 5.13. The lowest BCUT2D eigenvalue weighted by Gasteiger charge is -2.23. The Balaban J connectivity index is 0.00000225. The third kappa shape index (κ3) is 3.44. The molecular formula is C12H19ClFNO. The van der Waals surface area contributed by atoms with E-state index in [2.05, 4.69) is 0 Å². The van der Waals surface area contributed by atoms with Crippen molar-refractivity contribution in [3.8, 4) is 0 Å². The molecule has 0 amide bonds. The first-order chi connectivity index (χ1) is 6.93. The SMILES string of the molecule is Cc1ccc(F)c([C@H](N)[C@H](O)C(C)C)c1.Cl. The summed E-state index contributed by atoms with van der Waals surface area (Å²) in [6, 6.07) is 4.10. The van der Waals surface area contributed by atoms with Crippen molar-refractivity contribution in [2.45, 2.75) is 32.9 Å². The Bertz CT molecular complexity index is 344. The molecule has 2 atom stereocenters. The van der Waals surface area contributed by atoms with Gasteiger partial charge in [-0.1, -0.05) is 31.5 Å². The Morgan fingerprint density at radius 2 is 1.88 bits per heavy atom. The molecule has 0 aliphatic rings. The first-order valence-electron chi connectivity index (χ1n) is 5.13. The van der Waals surface area contributed by atoms with Gasteiger partial charge in [0.1, 0.15) is 5.82 Å². The van der Waals surface area contributed by atoms with Crippen molar-refractivity contribution in [3.05, 3.63) is 35.1 Å². The molecule has 92 valence electrons. The molecule has 0 aromatic heterocycles. The zero-order valence-electron chi connectivity index (χ0n) is 9.77. The molecule has 0 bridgehead atoms. The highest BCUT2D eigenvalue weighted by atomic mass is 35.5. The van der Waals surface area contributed by atoms with E-state index in [0.29, 0.717) is 5.56 Å². The molecule has 4 heteroatoms. The van der Waals surface area contributed by atoms with Crippen LogP contribution in [-0.2, 0) is 0 Å². The monoisotopic (exact) mass is 247 g/mol. The number of aryl methyl sites for hydroxylation is 1. The van der Waals surface area contributed by atoms with Gasteiger partial charge in [0.15, 0.2) is 0 Å². The van der Waals surface area contributed by atoms with Gasteiger partial charge in [-0.25, -0.2) is 4.39 Å². The van der Waals surface area contributed by atoms with Gasteiger partial charge in [-0.3, -0.25) is 0 Å². The highest BCUT2D eigenvalue weighted by molar-refractivity contribution is 5.85. The van der Waals surface area contributed by atoms with Crippen LogP contribution >= 0.6 is 12.4 Å². The molecule has 1 rings (SSSR count). The quantitative estimate of drug-likeness (QED) is 0.863. The van der Waals surface area contributed by atoms with Crippen LogP contribution in [0.3, 0.4) is 0 Å². The van der Waals surface area contributed by atoms with Gasteiger partial charge >= 0.3 is 0 Å². The largest absolute Gasteiger partial charge is 0.391 e. The molecule has 3 N–H and O–H groups in total. The smallest absolute Gasteiger partial charge is 0.128 e. The van der Waals surface area contributed by atoms with Crippen LogP contribution in [0.5, 0.6) is 0 Å². The van der Waals surface area contributed by atoms with Crippen molar-refractivity contribution in [1.82, 2.24) is 0 Å². The summed E-state index contributed by atoms with van der Waals surface area (Å²) in [5, 5.41) is 9.77.